The van der Waals surface area contributed by atoms with Crippen LogP contribution >= 0.6 is 0 Å². The van der Waals surface area contributed by atoms with Gasteiger partial charge in [0.05, 0.1) is 23.6 Å². The van der Waals surface area contributed by atoms with E-state index in [0.29, 0.717) is 0 Å². The first-order valence-electron chi connectivity index (χ1n) is 6.02. The molecule has 0 aromatic heterocycles. The molecule has 0 atom stereocenters. The van der Waals surface area contributed by atoms with Gasteiger partial charge in [0.15, 0.2) is 0 Å². The number of nitrogen functional groups attached to an aromatic ring is 1. The number of benzene rings is 1. The summed E-state index contributed by atoms with van der Waals surface area (Å²) < 4.78 is 40.4. The Morgan fingerprint density at radius 3 is 2.35 bits per heavy atom. The molecule has 0 saturated carbocycles. The molecule has 0 fully saturated rings. The highest BCUT2D eigenvalue weighted by Crippen LogP contribution is 2.23. The number of anilines is 1. The summed E-state index contributed by atoms with van der Waals surface area (Å²) in [6, 6.07) is 2.16. The van der Waals surface area contributed by atoms with Gasteiger partial charge in [0.1, 0.15) is 5.82 Å². The van der Waals surface area contributed by atoms with Crippen LogP contribution in [0.25, 0.3) is 0 Å². The predicted octanol–water partition coefficient (Wildman–Crippen LogP) is 0.128. The van der Waals surface area contributed by atoms with E-state index < -0.39 is 34.6 Å². The van der Waals surface area contributed by atoms with Crippen LogP contribution < -0.4 is 10.5 Å². The fraction of sp³-hybridized carbons (Fsp3) is 0.500. The predicted molar refractivity (Wildman–Crippen MR) is 73.1 cm³/mol. The van der Waals surface area contributed by atoms with Crippen LogP contribution in [-0.2, 0) is 10.0 Å². The van der Waals surface area contributed by atoms with Crippen molar-refractivity contribution in [3.05, 3.63) is 23.5 Å². The zero-order valence-corrected chi connectivity index (χ0v) is 12.2. The van der Waals surface area contributed by atoms with Crippen molar-refractivity contribution >= 4 is 15.7 Å². The molecule has 0 aliphatic rings. The van der Waals surface area contributed by atoms with Gasteiger partial charge in [-0.25, -0.2) is 17.5 Å². The summed E-state index contributed by atoms with van der Waals surface area (Å²) in [7, 11) is -4.12. The van der Waals surface area contributed by atoms with Gasteiger partial charge in [-0.1, -0.05) is 6.92 Å². The Hall–Kier alpha value is -1.22. The van der Waals surface area contributed by atoms with Crippen LogP contribution in [0.5, 0.6) is 0 Å². The Labute approximate surface area is 117 Å². The number of aliphatic hydroxyl groups excluding tert-OH is 2. The van der Waals surface area contributed by atoms with Gasteiger partial charge < -0.3 is 15.9 Å². The number of hydrogen-bond acceptors (Lipinski definition) is 5. The quantitative estimate of drug-likeness (QED) is 0.558. The molecule has 0 bridgehead atoms. The molecule has 20 heavy (non-hydrogen) atoms. The molecule has 6 nitrogen and oxygen atoms in total. The average molecular weight is 306 g/mol. The van der Waals surface area contributed by atoms with Gasteiger partial charge in [-0.05, 0) is 25.5 Å². The Morgan fingerprint density at radius 1 is 1.35 bits per heavy atom. The summed E-state index contributed by atoms with van der Waals surface area (Å²) in [6.45, 7) is 1.77. The van der Waals surface area contributed by atoms with Gasteiger partial charge in [0.2, 0.25) is 10.0 Å². The van der Waals surface area contributed by atoms with Crippen molar-refractivity contribution in [2.45, 2.75) is 30.7 Å². The van der Waals surface area contributed by atoms with Crippen molar-refractivity contribution in [3.8, 4) is 0 Å². The molecule has 0 radical (unpaired) electrons. The highest BCUT2D eigenvalue weighted by molar-refractivity contribution is 7.89. The third kappa shape index (κ3) is 3.26. The monoisotopic (exact) mass is 306 g/mol. The van der Waals surface area contributed by atoms with Crippen molar-refractivity contribution in [3.63, 3.8) is 0 Å². The summed E-state index contributed by atoms with van der Waals surface area (Å²) in [4.78, 5) is -0.310. The Balaban J connectivity index is 3.31. The smallest absolute Gasteiger partial charge is 0.241 e. The third-order valence-corrected chi connectivity index (χ3v) is 4.95. The van der Waals surface area contributed by atoms with Crippen LogP contribution in [0.3, 0.4) is 0 Å². The maximum Gasteiger partial charge on any atom is 0.241 e. The number of hydrogen-bond donors (Lipinski definition) is 4. The van der Waals surface area contributed by atoms with Crippen LogP contribution in [0.15, 0.2) is 17.0 Å². The van der Waals surface area contributed by atoms with E-state index in [1.54, 1.807) is 6.92 Å². The van der Waals surface area contributed by atoms with E-state index in [0.717, 1.165) is 12.1 Å². The van der Waals surface area contributed by atoms with E-state index in [1.165, 1.54) is 6.92 Å². The number of sulfonamides is 1. The third-order valence-electron chi connectivity index (χ3n) is 3.24. The molecule has 0 heterocycles. The zero-order valence-electron chi connectivity index (χ0n) is 11.4. The average Bonchev–Trinajstić information content (AvgIpc) is 2.40. The minimum atomic E-state index is -4.12. The van der Waals surface area contributed by atoms with Gasteiger partial charge in [0.25, 0.3) is 0 Å². The maximum atomic E-state index is 13.6. The number of nitrogens with one attached hydrogen (secondary N) is 1. The van der Waals surface area contributed by atoms with Crippen LogP contribution in [-0.4, -0.2) is 37.4 Å². The largest absolute Gasteiger partial charge is 0.399 e. The molecule has 0 aliphatic heterocycles. The van der Waals surface area contributed by atoms with E-state index in [2.05, 4.69) is 4.72 Å². The lowest BCUT2D eigenvalue weighted by Gasteiger charge is -2.29. The van der Waals surface area contributed by atoms with Crippen LogP contribution in [0.1, 0.15) is 18.9 Å². The Kier molecular flexibility index (Phi) is 5.09. The van der Waals surface area contributed by atoms with Gasteiger partial charge >= 0.3 is 0 Å². The summed E-state index contributed by atoms with van der Waals surface area (Å²) in [5, 5.41) is 18.6. The number of nitrogens with two attached hydrogens (primary N) is 1. The molecular formula is C12H19FN2O4S. The topological polar surface area (TPSA) is 113 Å². The van der Waals surface area contributed by atoms with Gasteiger partial charge in [-0.2, -0.15) is 0 Å². The molecule has 5 N–H and O–H groups in total. The molecule has 1 rings (SSSR count). The molecule has 0 spiro atoms. The van der Waals surface area contributed by atoms with Crippen molar-refractivity contribution in [1.29, 1.82) is 0 Å². The van der Waals surface area contributed by atoms with Crippen molar-refractivity contribution in [2.75, 3.05) is 18.9 Å². The first-order chi connectivity index (χ1) is 9.21. The van der Waals surface area contributed by atoms with Crippen molar-refractivity contribution < 1.29 is 23.0 Å². The highest BCUT2D eigenvalue weighted by Gasteiger charge is 2.33. The van der Waals surface area contributed by atoms with Crippen molar-refractivity contribution in [2.24, 2.45) is 0 Å². The Morgan fingerprint density at radius 2 is 1.90 bits per heavy atom. The molecule has 114 valence electrons. The van der Waals surface area contributed by atoms with E-state index in [-0.39, 0.29) is 22.6 Å². The first kappa shape index (κ1) is 16.8. The molecule has 0 saturated heterocycles. The minimum absolute atomic E-state index is 0.0245. The minimum Gasteiger partial charge on any atom is -0.399 e. The fourth-order valence-electron chi connectivity index (χ4n) is 1.70. The fourth-order valence-corrected chi connectivity index (χ4v) is 3.45. The second-order valence-electron chi connectivity index (χ2n) is 4.68. The number of rotatable bonds is 6. The second-order valence-corrected chi connectivity index (χ2v) is 6.33. The lowest BCUT2D eigenvalue weighted by molar-refractivity contribution is 0.105. The molecule has 0 amide bonds. The molecule has 1 aromatic carbocycles. The lowest BCUT2D eigenvalue weighted by atomic mass is 10.0. The summed E-state index contributed by atoms with van der Waals surface area (Å²) in [5.74, 6) is -0.736. The lowest BCUT2D eigenvalue weighted by Crippen LogP contribution is -2.53. The highest BCUT2D eigenvalue weighted by atomic mass is 32.2. The van der Waals surface area contributed by atoms with Crippen LogP contribution in [0.4, 0.5) is 10.1 Å². The van der Waals surface area contributed by atoms with E-state index in [1.807, 2.05) is 0 Å². The summed E-state index contributed by atoms with van der Waals surface area (Å²) >= 11 is 0. The second kappa shape index (κ2) is 6.04. The molecule has 0 unspecified atom stereocenters. The molecule has 8 heteroatoms. The van der Waals surface area contributed by atoms with Crippen molar-refractivity contribution in [1.82, 2.24) is 4.72 Å². The summed E-state index contributed by atoms with van der Waals surface area (Å²) in [6.07, 6.45) is 0.170. The van der Waals surface area contributed by atoms with E-state index in [9.17, 15) is 23.0 Å². The SMILES string of the molecule is CCC(CO)(CO)NS(=O)(=O)c1cc(N)cc(F)c1C. The zero-order chi connectivity index (χ0) is 15.6. The Bertz CT molecular complexity index is 577. The van der Waals surface area contributed by atoms with Crippen LogP contribution in [0.2, 0.25) is 0 Å². The van der Waals surface area contributed by atoms with E-state index >= 15 is 0 Å². The van der Waals surface area contributed by atoms with E-state index in [4.69, 9.17) is 5.73 Å². The number of halogens is 1. The summed E-state index contributed by atoms with van der Waals surface area (Å²) in [5.41, 5.74) is 3.96. The standard InChI is InChI=1S/C12H19FN2O4S/c1-3-12(6-16,7-17)15-20(18,19)11-5-9(14)4-10(13)8(11)2/h4-5,15-17H,3,6-7,14H2,1-2H3. The first-order valence-corrected chi connectivity index (χ1v) is 7.51. The van der Waals surface area contributed by atoms with Crippen LogP contribution in [0, 0.1) is 12.7 Å². The molecular weight excluding hydrogens is 287 g/mol. The normalized spacial score (nSPS) is 12.7. The van der Waals surface area contributed by atoms with Gasteiger partial charge in [-0.15, -0.1) is 0 Å². The maximum absolute atomic E-state index is 13.6. The number of aliphatic hydroxyl groups is 2. The van der Waals surface area contributed by atoms with Gasteiger partial charge in [0, 0.05) is 11.3 Å². The molecule has 0 aliphatic carbocycles. The van der Waals surface area contributed by atoms with Gasteiger partial charge in [-0.3, -0.25) is 0 Å². The molecule has 1 aromatic rings.